The number of hydrazine groups is 1. The van der Waals surface area contributed by atoms with E-state index in [1.54, 1.807) is 11.9 Å². The zero-order valence-corrected chi connectivity index (χ0v) is 10.1. The molecule has 1 atom stereocenters. The lowest BCUT2D eigenvalue weighted by atomic mass is 10.4. The highest BCUT2D eigenvalue weighted by atomic mass is 32.2. The molecule has 1 aliphatic rings. The number of nitrogens with one attached hydrogen (secondary N) is 1. The highest BCUT2D eigenvalue weighted by Gasteiger charge is 2.23. The van der Waals surface area contributed by atoms with E-state index in [0.717, 1.165) is 13.1 Å². The minimum absolute atomic E-state index is 0.142. The molecule has 0 radical (unpaired) electrons. The van der Waals surface area contributed by atoms with Crippen molar-refractivity contribution in [2.45, 2.75) is 12.2 Å². The lowest BCUT2D eigenvalue weighted by molar-refractivity contribution is 0.134. The molecule has 1 saturated heterocycles. The summed E-state index contributed by atoms with van der Waals surface area (Å²) >= 11 is 0. The van der Waals surface area contributed by atoms with Gasteiger partial charge in [-0.1, -0.05) is 0 Å². The van der Waals surface area contributed by atoms with Crippen LogP contribution in [0.3, 0.4) is 0 Å². The third kappa shape index (κ3) is 3.69. The van der Waals surface area contributed by atoms with E-state index in [4.69, 9.17) is 5.73 Å². The van der Waals surface area contributed by atoms with Gasteiger partial charge in [-0.2, -0.15) is 0 Å². The van der Waals surface area contributed by atoms with Crippen LogP contribution in [0.1, 0.15) is 6.92 Å². The molecular formula is C8H20N4O2S. The lowest BCUT2D eigenvalue weighted by Crippen LogP contribution is -2.54. The number of likely N-dealkylation sites (N-methyl/N-ethyl adjacent to an activating group) is 1. The third-order valence-electron chi connectivity index (χ3n) is 2.62. The molecule has 90 valence electrons. The van der Waals surface area contributed by atoms with Gasteiger partial charge >= 0.3 is 0 Å². The van der Waals surface area contributed by atoms with Crippen molar-refractivity contribution in [3.63, 3.8) is 0 Å². The Balaban J connectivity index is 2.48. The maximum Gasteiger partial charge on any atom is 0.228 e. The van der Waals surface area contributed by atoms with Gasteiger partial charge in [0, 0.05) is 32.7 Å². The summed E-state index contributed by atoms with van der Waals surface area (Å²) in [7, 11) is -1.27. The van der Waals surface area contributed by atoms with E-state index in [1.165, 1.54) is 0 Å². The Morgan fingerprint density at radius 3 is 2.33 bits per heavy atom. The quantitative estimate of drug-likeness (QED) is 0.615. The van der Waals surface area contributed by atoms with Crippen molar-refractivity contribution >= 4 is 10.0 Å². The third-order valence-corrected chi connectivity index (χ3v) is 4.39. The van der Waals surface area contributed by atoms with Gasteiger partial charge in [-0.15, -0.1) is 4.83 Å². The number of hydrogen-bond acceptors (Lipinski definition) is 5. The van der Waals surface area contributed by atoms with E-state index < -0.39 is 15.3 Å². The zero-order chi connectivity index (χ0) is 11.5. The molecule has 1 fully saturated rings. The maximum atomic E-state index is 11.7. The van der Waals surface area contributed by atoms with E-state index >= 15 is 0 Å². The SMILES string of the molecule is CC(CN)S(=O)(=O)NN1CCN(C)CC1. The molecule has 0 bridgehead atoms. The van der Waals surface area contributed by atoms with Gasteiger partial charge in [0.2, 0.25) is 10.0 Å². The second kappa shape index (κ2) is 5.22. The molecule has 0 aliphatic carbocycles. The average Bonchev–Trinajstić information content (AvgIpc) is 2.20. The molecule has 1 aliphatic heterocycles. The number of nitrogens with zero attached hydrogens (tertiary/aromatic N) is 2. The molecule has 0 aromatic heterocycles. The van der Waals surface area contributed by atoms with E-state index in [2.05, 4.69) is 9.73 Å². The number of hydrogen-bond donors (Lipinski definition) is 2. The van der Waals surface area contributed by atoms with E-state index in [-0.39, 0.29) is 6.54 Å². The second-order valence-electron chi connectivity index (χ2n) is 3.97. The highest BCUT2D eigenvalue weighted by molar-refractivity contribution is 7.90. The number of rotatable bonds is 4. The fourth-order valence-electron chi connectivity index (χ4n) is 1.29. The van der Waals surface area contributed by atoms with Crippen molar-refractivity contribution in [3.05, 3.63) is 0 Å². The molecule has 1 heterocycles. The van der Waals surface area contributed by atoms with Gasteiger partial charge in [0.05, 0.1) is 5.25 Å². The van der Waals surface area contributed by atoms with Crippen molar-refractivity contribution in [1.82, 2.24) is 14.7 Å². The van der Waals surface area contributed by atoms with E-state index in [1.807, 2.05) is 7.05 Å². The van der Waals surface area contributed by atoms with Gasteiger partial charge in [-0.25, -0.2) is 13.4 Å². The minimum atomic E-state index is -3.30. The zero-order valence-electron chi connectivity index (χ0n) is 9.31. The Hall–Kier alpha value is -0.210. The monoisotopic (exact) mass is 236 g/mol. The molecule has 6 nitrogen and oxygen atoms in total. The van der Waals surface area contributed by atoms with Crippen LogP contribution in [-0.2, 0) is 10.0 Å². The standard InChI is InChI=1S/C8H20N4O2S/c1-8(7-9)15(13,14)10-12-5-3-11(2)4-6-12/h8,10H,3-7,9H2,1-2H3. The summed E-state index contributed by atoms with van der Waals surface area (Å²) in [6, 6.07) is 0. The Morgan fingerprint density at radius 2 is 1.87 bits per heavy atom. The van der Waals surface area contributed by atoms with Crippen LogP contribution in [0, 0.1) is 0 Å². The molecule has 1 rings (SSSR count). The summed E-state index contributed by atoms with van der Waals surface area (Å²) in [5, 5.41) is 1.19. The summed E-state index contributed by atoms with van der Waals surface area (Å²) in [5.74, 6) is 0. The molecular weight excluding hydrogens is 216 g/mol. The maximum absolute atomic E-state index is 11.7. The number of piperazine rings is 1. The van der Waals surface area contributed by atoms with Crippen molar-refractivity contribution in [1.29, 1.82) is 0 Å². The molecule has 7 heteroatoms. The first-order chi connectivity index (χ1) is 6.95. The predicted octanol–water partition coefficient (Wildman–Crippen LogP) is -1.58. The minimum Gasteiger partial charge on any atom is -0.329 e. The Kier molecular flexibility index (Phi) is 4.47. The fourth-order valence-corrected chi connectivity index (χ4v) is 2.27. The summed E-state index contributed by atoms with van der Waals surface area (Å²) in [6.45, 7) is 4.93. The molecule has 0 spiro atoms. The van der Waals surface area contributed by atoms with Crippen molar-refractivity contribution in [2.24, 2.45) is 5.73 Å². The summed E-state index contributed by atoms with van der Waals surface area (Å²) in [6.07, 6.45) is 0. The predicted molar refractivity (Wildman–Crippen MR) is 59.6 cm³/mol. The van der Waals surface area contributed by atoms with Gasteiger partial charge in [0.25, 0.3) is 0 Å². The average molecular weight is 236 g/mol. The Bertz CT molecular complexity index is 285. The van der Waals surface area contributed by atoms with Gasteiger partial charge in [0.15, 0.2) is 0 Å². The van der Waals surface area contributed by atoms with E-state index in [9.17, 15) is 8.42 Å². The fraction of sp³-hybridized carbons (Fsp3) is 1.00. The molecule has 0 amide bonds. The van der Waals surface area contributed by atoms with Crippen molar-refractivity contribution < 1.29 is 8.42 Å². The smallest absolute Gasteiger partial charge is 0.228 e. The Morgan fingerprint density at radius 1 is 1.33 bits per heavy atom. The van der Waals surface area contributed by atoms with Crippen molar-refractivity contribution in [3.8, 4) is 0 Å². The first-order valence-electron chi connectivity index (χ1n) is 5.10. The summed E-state index contributed by atoms with van der Waals surface area (Å²) in [5.41, 5.74) is 5.34. The van der Waals surface area contributed by atoms with Crippen molar-refractivity contribution in [2.75, 3.05) is 39.8 Å². The van der Waals surface area contributed by atoms with E-state index in [0.29, 0.717) is 13.1 Å². The summed E-state index contributed by atoms with van der Waals surface area (Å²) in [4.78, 5) is 4.73. The molecule has 1 unspecified atom stereocenters. The van der Waals surface area contributed by atoms with Crippen LogP contribution >= 0.6 is 0 Å². The highest BCUT2D eigenvalue weighted by Crippen LogP contribution is 2.01. The first-order valence-corrected chi connectivity index (χ1v) is 6.65. The van der Waals surface area contributed by atoms with Gasteiger partial charge in [-0.05, 0) is 14.0 Å². The molecule has 3 N–H and O–H groups in total. The van der Waals surface area contributed by atoms with Gasteiger partial charge in [0.1, 0.15) is 0 Å². The first kappa shape index (κ1) is 12.9. The number of sulfonamides is 1. The topological polar surface area (TPSA) is 78.7 Å². The summed E-state index contributed by atoms with van der Waals surface area (Å²) < 4.78 is 23.3. The molecule has 0 aromatic rings. The van der Waals surface area contributed by atoms with Crippen LogP contribution in [0.2, 0.25) is 0 Å². The van der Waals surface area contributed by atoms with Gasteiger partial charge < -0.3 is 10.6 Å². The van der Waals surface area contributed by atoms with Crippen LogP contribution in [-0.4, -0.2) is 63.3 Å². The van der Waals surface area contributed by atoms with Crippen LogP contribution in [0.5, 0.6) is 0 Å². The number of nitrogens with two attached hydrogens (primary N) is 1. The van der Waals surface area contributed by atoms with Crippen LogP contribution in [0.4, 0.5) is 0 Å². The molecule has 0 saturated carbocycles. The molecule has 15 heavy (non-hydrogen) atoms. The largest absolute Gasteiger partial charge is 0.329 e. The van der Waals surface area contributed by atoms with Crippen LogP contribution in [0.15, 0.2) is 0 Å². The Labute approximate surface area is 91.4 Å². The van der Waals surface area contributed by atoms with Gasteiger partial charge in [-0.3, -0.25) is 0 Å². The normalized spacial score (nSPS) is 22.9. The van der Waals surface area contributed by atoms with Crippen LogP contribution < -0.4 is 10.6 Å². The lowest BCUT2D eigenvalue weighted by Gasteiger charge is -2.32. The second-order valence-corrected chi connectivity index (χ2v) is 6.05. The molecule has 0 aromatic carbocycles. The van der Waals surface area contributed by atoms with Crippen LogP contribution in [0.25, 0.3) is 0 Å².